The molecule has 0 radical (unpaired) electrons. The molecule has 0 aliphatic heterocycles. The third-order valence-corrected chi connectivity index (χ3v) is 4.60. The van der Waals surface area contributed by atoms with Crippen molar-refractivity contribution in [2.45, 2.75) is 32.6 Å². The van der Waals surface area contributed by atoms with Crippen molar-refractivity contribution >= 4 is 16.0 Å². The first-order valence-corrected chi connectivity index (χ1v) is 9.24. The van der Waals surface area contributed by atoms with Crippen LogP contribution in [0.15, 0.2) is 0 Å². The van der Waals surface area contributed by atoms with Gasteiger partial charge >= 0.3 is 5.97 Å². The van der Waals surface area contributed by atoms with Gasteiger partial charge in [-0.2, -0.15) is 0 Å². The summed E-state index contributed by atoms with van der Waals surface area (Å²) in [6, 6.07) is 0. The Morgan fingerprint density at radius 3 is 2.56 bits per heavy atom. The molecule has 0 aromatic carbocycles. The van der Waals surface area contributed by atoms with Crippen LogP contribution in [0.3, 0.4) is 0 Å². The number of esters is 1. The lowest BCUT2D eigenvalue weighted by atomic mass is 9.82. The second kappa shape index (κ2) is 5.95. The highest BCUT2D eigenvalue weighted by Crippen LogP contribution is 2.34. The van der Waals surface area contributed by atoms with E-state index in [0.29, 0.717) is 12.5 Å². The van der Waals surface area contributed by atoms with Gasteiger partial charge in [0.05, 0.1) is 12.5 Å². The van der Waals surface area contributed by atoms with Crippen LogP contribution in [0.1, 0.15) is 32.6 Å². The van der Waals surface area contributed by atoms with Crippen molar-refractivity contribution in [3.05, 3.63) is 0 Å². The minimum absolute atomic E-state index is 0.0511. The normalized spacial score (nSPS) is 27.5. The van der Waals surface area contributed by atoms with Crippen molar-refractivity contribution in [2.75, 3.05) is 31.1 Å². The Morgan fingerprint density at radius 1 is 1.31 bits per heavy atom. The van der Waals surface area contributed by atoms with Crippen LogP contribution in [0.5, 0.6) is 0 Å². The van der Waals surface area contributed by atoms with Gasteiger partial charge in [0, 0.05) is 5.75 Å². The van der Waals surface area contributed by atoms with Crippen LogP contribution < -0.4 is 0 Å². The van der Waals surface area contributed by atoms with E-state index in [1.807, 2.05) is 0 Å². The van der Waals surface area contributed by atoms with Gasteiger partial charge in [0.1, 0.15) is 0 Å². The lowest BCUT2D eigenvalue weighted by Gasteiger charge is -2.27. The minimum Gasteiger partial charge on any atom is -0.465 e. The van der Waals surface area contributed by atoms with Crippen molar-refractivity contribution in [2.24, 2.45) is 11.8 Å². The molecule has 3 heteroatoms. The van der Waals surface area contributed by atoms with Crippen LogP contribution in [-0.2, 0) is 9.53 Å². The highest BCUT2D eigenvalue weighted by atomic mass is 32.3. The molecule has 0 aromatic heterocycles. The number of carbonyl (C=O) groups excluding carboxylic acids is 1. The smallest absolute Gasteiger partial charge is 0.308 e. The van der Waals surface area contributed by atoms with Crippen molar-refractivity contribution in [3.63, 3.8) is 0 Å². The Bertz CT molecular complexity index is 233. The molecule has 1 saturated carbocycles. The first kappa shape index (κ1) is 13.9. The number of ether oxygens (including phenoxy) is 1. The van der Waals surface area contributed by atoms with E-state index in [4.69, 9.17) is 4.74 Å². The summed E-state index contributed by atoms with van der Waals surface area (Å²) in [6.07, 6.45) is 11.3. The predicted octanol–water partition coefficient (Wildman–Crippen LogP) is 3.05. The maximum atomic E-state index is 11.8. The zero-order chi connectivity index (χ0) is 12.2. The van der Waals surface area contributed by atoms with Crippen LogP contribution in [0, 0.1) is 11.8 Å². The van der Waals surface area contributed by atoms with Crippen molar-refractivity contribution in [1.82, 2.24) is 0 Å². The molecule has 2 unspecified atom stereocenters. The summed E-state index contributed by atoms with van der Waals surface area (Å²) in [5, 5.41) is 0. The monoisotopic (exact) mass is 246 g/mol. The molecule has 0 heterocycles. The molecule has 0 aromatic rings. The summed E-state index contributed by atoms with van der Waals surface area (Å²) in [4.78, 5) is 11.8. The average molecular weight is 246 g/mol. The number of hydrogen-bond donors (Lipinski definition) is 0. The molecule has 0 spiro atoms. The summed E-state index contributed by atoms with van der Waals surface area (Å²) >= 11 is 0. The Kier molecular flexibility index (Phi) is 5.16. The van der Waals surface area contributed by atoms with Crippen LogP contribution in [0.25, 0.3) is 0 Å². The predicted molar refractivity (Wildman–Crippen MR) is 72.3 cm³/mol. The van der Waals surface area contributed by atoms with E-state index in [0.717, 1.165) is 18.6 Å². The highest BCUT2D eigenvalue weighted by Gasteiger charge is 2.26. The van der Waals surface area contributed by atoms with Gasteiger partial charge in [0.15, 0.2) is 0 Å². The SMILES string of the molecule is CC1CCCC(C(=O)OCCS(C)(C)C)C1. The molecule has 1 fully saturated rings. The van der Waals surface area contributed by atoms with Crippen LogP contribution in [-0.4, -0.2) is 37.1 Å². The highest BCUT2D eigenvalue weighted by molar-refractivity contribution is 8.32. The zero-order valence-corrected chi connectivity index (χ0v) is 11.9. The van der Waals surface area contributed by atoms with E-state index in [2.05, 4.69) is 25.7 Å². The van der Waals surface area contributed by atoms with Crippen LogP contribution in [0.4, 0.5) is 0 Å². The minimum atomic E-state index is -0.539. The average Bonchev–Trinajstić information content (AvgIpc) is 2.15. The zero-order valence-electron chi connectivity index (χ0n) is 11.1. The fourth-order valence-corrected chi connectivity index (χ4v) is 2.74. The summed E-state index contributed by atoms with van der Waals surface area (Å²) < 4.78 is 5.39. The summed E-state index contributed by atoms with van der Waals surface area (Å²) in [5.41, 5.74) is 0. The second-order valence-electron chi connectivity index (χ2n) is 5.93. The molecule has 1 aliphatic rings. The van der Waals surface area contributed by atoms with E-state index in [1.165, 1.54) is 12.8 Å². The second-order valence-corrected chi connectivity index (χ2v) is 10.5. The molecule has 1 aliphatic carbocycles. The molecule has 16 heavy (non-hydrogen) atoms. The molecule has 96 valence electrons. The molecule has 0 bridgehead atoms. The Labute approximate surface area is 101 Å². The number of hydrogen-bond acceptors (Lipinski definition) is 2. The largest absolute Gasteiger partial charge is 0.465 e. The first-order chi connectivity index (χ1) is 7.38. The Morgan fingerprint density at radius 2 is 2.00 bits per heavy atom. The fraction of sp³-hybridized carbons (Fsp3) is 0.923. The quantitative estimate of drug-likeness (QED) is 0.713. The lowest BCUT2D eigenvalue weighted by molar-refractivity contribution is -0.149. The van der Waals surface area contributed by atoms with E-state index >= 15 is 0 Å². The summed E-state index contributed by atoms with van der Waals surface area (Å²) in [5.74, 6) is 1.95. The van der Waals surface area contributed by atoms with Crippen molar-refractivity contribution in [3.8, 4) is 0 Å². The van der Waals surface area contributed by atoms with Crippen molar-refractivity contribution in [1.29, 1.82) is 0 Å². The van der Waals surface area contributed by atoms with Gasteiger partial charge in [-0.05, 0) is 37.5 Å². The molecule has 0 amide bonds. The topological polar surface area (TPSA) is 26.3 Å². The third-order valence-electron chi connectivity index (χ3n) is 3.21. The maximum Gasteiger partial charge on any atom is 0.308 e. The Hall–Kier alpha value is -0.180. The van der Waals surface area contributed by atoms with Crippen LogP contribution >= 0.6 is 10.0 Å². The van der Waals surface area contributed by atoms with Crippen LogP contribution in [0.2, 0.25) is 0 Å². The van der Waals surface area contributed by atoms with Gasteiger partial charge in [-0.15, -0.1) is 0 Å². The van der Waals surface area contributed by atoms with E-state index in [-0.39, 0.29) is 11.9 Å². The maximum absolute atomic E-state index is 11.8. The molecule has 0 saturated heterocycles. The third kappa shape index (κ3) is 5.24. The molecule has 2 nitrogen and oxygen atoms in total. The van der Waals surface area contributed by atoms with E-state index in [1.54, 1.807) is 0 Å². The first-order valence-electron chi connectivity index (χ1n) is 6.21. The van der Waals surface area contributed by atoms with Gasteiger partial charge in [-0.3, -0.25) is 4.79 Å². The van der Waals surface area contributed by atoms with E-state index < -0.39 is 10.0 Å². The molecule has 1 rings (SSSR count). The number of carbonyl (C=O) groups is 1. The van der Waals surface area contributed by atoms with Gasteiger partial charge < -0.3 is 4.74 Å². The van der Waals surface area contributed by atoms with Gasteiger partial charge in [-0.25, -0.2) is 10.0 Å². The summed E-state index contributed by atoms with van der Waals surface area (Å²) in [6.45, 7) is 2.85. The molecular weight excluding hydrogens is 220 g/mol. The van der Waals surface area contributed by atoms with Gasteiger partial charge in [0.25, 0.3) is 0 Å². The van der Waals surface area contributed by atoms with Gasteiger partial charge in [0.2, 0.25) is 0 Å². The molecule has 2 atom stereocenters. The molecule has 0 N–H and O–H groups in total. The van der Waals surface area contributed by atoms with Crippen molar-refractivity contribution < 1.29 is 9.53 Å². The summed E-state index contributed by atoms with van der Waals surface area (Å²) in [7, 11) is -0.539. The number of rotatable bonds is 4. The van der Waals surface area contributed by atoms with Gasteiger partial charge in [-0.1, -0.05) is 19.8 Å². The molecular formula is C13H26O2S. The lowest BCUT2D eigenvalue weighted by Crippen LogP contribution is -2.25. The van der Waals surface area contributed by atoms with E-state index in [9.17, 15) is 4.79 Å². The fourth-order valence-electron chi connectivity index (χ4n) is 2.16. The Balaban J connectivity index is 2.24. The standard InChI is InChI=1S/C13H26O2S/c1-11-6-5-7-12(10-11)13(14)15-8-9-16(2,3)4/h11-12H,5-10H2,1-4H3.